The highest BCUT2D eigenvalue weighted by molar-refractivity contribution is 5.99. The predicted molar refractivity (Wildman–Crippen MR) is 156 cm³/mol. The first-order valence-electron chi connectivity index (χ1n) is 13.3. The molecule has 2 aromatic carbocycles. The van der Waals surface area contributed by atoms with E-state index in [1.807, 2.05) is 12.1 Å². The van der Waals surface area contributed by atoms with Crippen molar-refractivity contribution in [1.82, 2.24) is 29.4 Å². The third-order valence-corrected chi connectivity index (χ3v) is 7.10. The van der Waals surface area contributed by atoms with Crippen LogP contribution in [0, 0.1) is 0 Å². The van der Waals surface area contributed by atoms with Crippen molar-refractivity contribution in [2.75, 3.05) is 31.2 Å². The molecule has 0 radical (unpaired) electrons. The minimum absolute atomic E-state index is 0.0279. The van der Waals surface area contributed by atoms with Crippen LogP contribution in [0.1, 0.15) is 29.1 Å². The lowest BCUT2D eigenvalue weighted by Gasteiger charge is -2.38. The lowest BCUT2D eigenvalue weighted by Crippen LogP contribution is -2.58. The molecule has 13 heteroatoms. The van der Waals surface area contributed by atoms with E-state index in [-0.39, 0.29) is 22.9 Å². The lowest BCUT2D eigenvalue weighted by atomic mass is 10.0. The Morgan fingerprint density at radius 2 is 1.84 bits per heavy atom. The largest absolute Gasteiger partial charge is 0.481 e. The number of methoxy groups -OCH3 is 1. The molecule has 0 saturated carbocycles. The van der Waals surface area contributed by atoms with Crippen LogP contribution in [0.15, 0.2) is 77.9 Å². The van der Waals surface area contributed by atoms with E-state index in [0.29, 0.717) is 33.9 Å². The molecule has 0 unspecified atom stereocenters. The van der Waals surface area contributed by atoms with Gasteiger partial charge in [0.05, 0.1) is 42.8 Å². The van der Waals surface area contributed by atoms with Gasteiger partial charge in [-0.2, -0.15) is 4.98 Å². The summed E-state index contributed by atoms with van der Waals surface area (Å²) < 4.78 is 33.8. The number of aromatic nitrogens is 5. The number of fused-ring (bicyclic) bond motifs is 1. The highest BCUT2D eigenvalue weighted by Gasteiger charge is 2.47. The van der Waals surface area contributed by atoms with Gasteiger partial charge in [0.2, 0.25) is 11.8 Å². The van der Waals surface area contributed by atoms with Crippen molar-refractivity contribution in [3.05, 3.63) is 94.8 Å². The Kier molecular flexibility index (Phi) is 6.92. The molecule has 1 atom stereocenters. The summed E-state index contributed by atoms with van der Waals surface area (Å²) in [6.45, 7) is 0.350. The van der Waals surface area contributed by atoms with Crippen LogP contribution in [0.3, 0.4) is 0 Å². The average Bonchev–Trinajstić information content (AvgIpc) is 2.99. The number of nitrogens with zero attached hydrogens (tertiary/aromatic N) is 6. The summed E-state index contributed by atoms with van der Waals surface area (Å²) in [5.74, 6) is -2.97. The van der Waals surface area contributed by atoms with Crippen molar-refractivity contribution in [3.8, 4) is 22.7 Å². The molecule has 1 aliphatic heterocycles. The number of halogens is 2. The Morgan fingerprint density at radius 3 is 2.56 bits per heavy atom. The van der Waals surface area contributed by atoms with Crippen LogP contribution in [0.25, 0.3) is 27.7 Å². The van der Waals surface area contributed by atoms with Crippen LogP contribution in [0.5, 0.6) is 5.88 Å². The van der Waals surface area contributed by atoms with Crippen molar-refractivity contribution in [1.29, 1.82) is 0 Å². The van der Waals surface area contributed by atoms with E-state index in [4.69, 9.17) is 15.5 Å². The van der Waals surface area contributed by atoms with Gasteiger partial charge in [-0.05, 0) is 42.3 Å². The van der Waals surface area contributed by atoms with Crippen LogP contribution in [0.2, 0.25) is 0 Å². The highest BCUT2D eigenvalue weighted by Crippen LogP contribution is 2.32. The summed E-state index contributed by atoms with van der Waals surface area (Å²) in [7, 11) is 1.52. The molecule has 6 rings (SSSR count). The first-order chi connectivity index (χ1) is 20.6. The van der Waals surface area contributed by atoms with Crippen molar-refractivity contribution in [2.45, 2.75) is 18.9 Å². The Balaban J connectivity index is 1.48. The zero-order valence-corrected chi connectivity index (χ0v) is 23.2. The van der Waals surface area contributed by atoms with Crippen molar-refractivity contribution >= 4 is 28.6 Å². The fourth-order valence-corrected chi connectivity index (χ4v) is 5.05. The number of hydrogen-bond acceptors (Lipinski definition) is 9. The molecule has 218 valence electrons. The summed E-state index contributed by atoms with van der Waals surface area (Å²) in [6.07, 6.45) is 2.80. The molecular formula is C30H26F2N8O3. The molecule has 0 bridgehead atoms. The quantitative estimate of drug-likeness (QED) is 0.289. The van der Waals surface area contributed by atoms with Gasteiger partial charge >= 0.3 is 0 Å². The van der Waals surface area contributed by atoms with Crippen LogP contribution in [-0.4, -0.2) is 61.4 Å². The molecule has 1 saturated heterocycles. The minimum atomic E-state index is -2.94. The SMILES string of the molecule is COc1cc(-c2cccc3nc([C@H](C)Nc4nc(N)ncc4C(=O)N4CC(F)(F)C4)n(-c4ccccc4)c(=O)c23)ccn1. The summed E-state index contributed by atoms with van der Waals surface area (Å²) >= 11 is 0. The number of hydrogen-bond donors (Lipinski definition) is 2. The van der Waals surface area contributed by atoms with E-state index in [1.165, 1.54) is 17.9 Å². The molecule has 0 spiro atoms. The zero-order chi connectivity index (χ0) is 30.3. The molecule has 0 aliphatic carbocycles. The smallest absolute Gasteiger partial charge is 0.282 e. The number of para-hydroxylation sites is 1. The molecule has 3 N–H and O–H groups in total. The molecule has 43 heavy (non-hydrogen) atoms. The minimum Gasteiger partial charge on any atom is -0.481 e. The standard InChI is InChI=1S/C30H26F2N8O3/c1-17(36-25-21(14-35-29(33)38-25)27(41)39-15-30(31,32)16-39)26-37-22-10-6-9-20(18-11-12-34-23(13-18)43-2)24(22)28(42)40(26)19-7-4-3-5-8-19/h3-14,17H,15-16H2,1-2H3,(H3,33,35,36,38)/t17-/m0/s1. The number of anilines is 2. The van der Waals surface area contributed by atoms with Gasteiger partial charge in [-0.25, -0.2) is 23.7 Å². The highest BCUT2D eigenvalue weighted by atomic mass is 19.3. The third-order valence-electron chi connectivity index (χ3n) is 7.10. The second kappa shape index (κ2) is 10.7. The number of ether oxygens (including phenoxy) is 1. The fraction of sp³-hybridized carbons (Fsp3) is 0.200. The number of carbonyl (C=O) groups excluding carboxylic acids is 1. The van der Waals surface area contributed by atoms with E-state index in [1.54, 1.807) is 61.7 Å². The summed E-state index contributed by atoms with van der Waals surface area (Å²) in [5.41, 5.74) is 7.85. The molecule has 1 amide bonds. The average molecular weight is 585 g/mol. The van der Waals surface area contributed by atoms with Gasteiger partial charge in [0.15, 0.2) is 0 Å². The van der Waals surface area contributed by atoms with Crippen molar-refractivity contribution in [2.24, 2.45) is 0 Å². The molecule has 1 fully saturated rings. The number of pyridine rings is 1. The number of nitrogens with two attached hydrogens (primary N) is 1. The number of benzene rings is 2. The van der Waals surface area contributed by atoms with Gasteiger partial charge in [-0.1, -0.05) is 30.3 Å². The second-order valence-electron chi connectivity index (χ2n) is 10.1. The number of rotatable bonds is 7. The molecule has 11 nitrogen and oxygen atoms in total. The van der Waals surface area contributed by atoms with Crippen molar-refractivity contribution < 1.29 is 18.3 Å². The number of alkyl halides is 2. The van der Waals surface area contributed by atoms with Gasteiger partial charge in [0.25, 0.3) is 17.4 Å². The zero-order valence-electron chi connectivity index (χ0n) is 23.2. The Labute approximate surface area is 244 Å². The normalized spacial score (nSPS) is 14.7. The Morgan fingerprint density at radius 1 is 1.07 bits per heavy atom. The van der Waals surface area contributed by atoms with Crippen LogP contribution >= 0.6 is 0 Å². The first-order valence-corrected chi connectivity index (χ1v) is 13.3. The van der Waals surface area contributed by atoms with Gasteiger partial charge in [0, 0.05) is 18.5 Å². The second-order valence-corrected chi connectivity index (χ2v) is 10.1. The number of amides is 1. The molecule has 1 aliphatic rings. The third kappa shape index (κ3) is 5.20. The van der Waals surface area contributed by atoms with E-state index >= 15 is 0 Å². The van der Waals surface area contributed by atoms with Crippen LogP contribution in [0.4, 0.5) is 20.5 Å². The van der Waals surface area contributed by atoms with E-state index in [0.717, 1.165) is 10.5 Å². The number of nitrogen functional groups attached to an aromatic ring is 1. The van der Waals surface area contributed by atoms with Crippen LogP contribution < -0.4 is 21.3 Å². The van der Waals surface area contributed by atoms with Gasteiger partial charge < -0.3 is 20.7 Å². The maximum absolute atomic E-state index is 14.4. The van der Waals surface area contributed by atoms with Gasteiger partial charge in [-0.3, -0.25) is 14.2 Å². The van der Waals surface area contributed by atoms with Gasteiger partial charge in [-0.15, -0.1) is 0 Å². The predicted octanol–water partition coefficient (Wildman–Crippen LogP) is 4.09. The summed E-state index contributed by atoms with van der Waals surface area (Å²) in [4.78, 5) is 45.6. The van der Waals surface area contributed by atoms with E-state index in [9.17, 15) is 18.4 Å². The number of likely N-dealkylation sites (tertiary alicyclic amines) is 1. The Bertz CT molecular complexity index is 1910. The first kappa shape index (κ1) is 27.7. The Hall–Kier alpha value is -5.46. The molecule has 5 aromatic rings. The number of nitrogens with one attached hydrogen (secondary N) is 1. The topological polar surface area (TPSA) is 141 Å². The molecular weight excluding hydrogens is 558 g/mol. The monoisotopic (exact) mass is 584 g/mol. The van der Waals surface area contributed by atoms with E-state index in [2.05, 4.69) is 20.3 Å². The maximum Gasteiger partial charge on any atom is 0.282 e. The van der Waals surface area contributed by atoms with Gasteiger partial charge in [0.1, 0.15) is 17.2 Å². The number of carbonyl (C=O) groups is 1. The van der Waals surface area contributed by atoms with Crippen molar-refractivity contribution in [3.63, 3.8) is 0 Å². The molecule has 4 heterocycles. The fourth-order valence-electron chi connectivity index (χ4n) is 5.05. The molecule has 3 aromatic heterocycles. The summed E-state index contributed by atoms with van der Waals surface area (Å²) in [6, 6.07) is 17.2. The van der Waals surface area contributed by atoms with Crippen LogP contribution in [-0.2, 0) is 0 Å². The lowest BCUT2D eigenvalue weighted by molar-refractivity contribution is -0.113. The maximum atomic E-state index is 14.4. The summed E-state index contributed by atoms with van der Waals surface area (Å²) in [5, 5.41) is 3.51. The van der Waals surface area contributed by atoms with E-state index < -0.39 is 31.0 Å².